The van der Waals surface area contributed by atoms with Crippen LogP contribution < -0.4 is 5.32 Å². The van der Waals surface area contributed by atoms with E-state index in [2.05, 4.69) is 44.8 Å². The average Bonchev–Trinajstić information content (AvgIpc) is 1.98. The molecule has 2 heteroatoms. The molecule has 0 aliphatic carbocycles. The van der Waals surface area contributed by atoms with Crippen molar-refractivity contribution in [2.45, 2.75) is 60.2 Å². The molecule has 1 N–H and O–H groups in total. The van der Waals surface area contributed by atoms with Crippen LogP contribution in [0.2, 0.25) is 0 Å². The molecule has 0 aliphatic heterocycles. The Hall–Kier alpha value is -0.0800. The van der Waals surface area contributed by atoms with E-state index in [0.717, 1.165) is 6.54 Å². The Labute approximate surface area is 84.7 Å². The van der Waals surface area contributed by atoms with Crippen LogP contribution in [0, 0.1) is 0 Å². The lowest BCUT2D eigenvalue weighted by Crippen LogP contribution is -2.44. The molecule has 0 fully saturated rings. The molecule has 0 aliphatic rings. The van der Waals surface area contributed by atoms with Gasteiger partial charge in [0.1, 0.15) is 0 Å². The van der Waals surface area contributed by atoms with E-state index in [4.69, 9.17) is 0 Å². The van der Waals surface area contributed by atoms with Gasteiger partial charge in [0.05, 0.1) is 0 Å². The zero-order valence-electron chi connectivity index (χ0n) is 9.39. The maximum Gasteiger partial charge on any atom is 0.0163 e. The summed E-state index contributed by atoms with van der Waals surface area (Å²) in [5, 5.41) is 3.26. The van der Waals surface area contributed by atoms with Crippen LogP contribution in [0.25, 0.3) is 0 Å². The summed E-state index contributed by atoms with van der Waals surface area (Å²) in [6.45, 7) is 12.4. The second kappa shape index (κ2) is 7.34. The molecule has 0 aromatic heterocycles. The van der Waals surface area contributed by atoms with E-state index in [0.29, 0.717) is 18.1 Å². The van der Waals surface area contributed by atoms with Gasteiger partial charge in [0.2, 0.25) is 0 Å². The Balaban J connectivity index is 0. The third-order valence-electron chi connectivity index (χ3n) is 2.30. The molecule has 0 aromatic rings. The van der Waals surface area contributed by atoms with Crippen molar-refractivity contribution >= 4 is 0 Å². The first kappa shape index (κ1) is 15.4. The van der Waals surface area contributed by atoms with Gasteiger partial charge >= 0.3 is 0 Å². The molecule has 0 aromatic carbocycles. The van der Waals surface area contributed by atoms with Crippen LogP contribution in [-0.2, 0) is 0 Å². The van der Waals surface area contributed by atoms with Gasteiger partial charge < -0.3 is 5.32 Å². The summed E-state index contributed by atoms with van der Waals surface area (Å²) in [4.78, 5) is 2.50. The first-order chi connectivity index (χ1) is 5.49. The smallest absolute Gasteiger partial charge is 0.0163 e. The molecule has 82 valence electrons. The summed E-state index contributed by atoms with van der Waals surface area (Å²) in [6, 6.07) is 1.86. The molecule has 0 radical (unpaired) electrons. The first-order valence-corrected chi connectivity index (χ1v) is 4.92. The van der Waals surface area contributed by atoms with Crippen LogP contribution >= 0.6 is 0 Å². The molecular weight excluding hydrogens is 160 g/mol. The van der Waals surface area contributed by atoms with Gasteiger partial charge in [-0.15, -0.1) is 0 Å². The van der Waals surface area contributed by atoms with E-state index in [1.165, 1.54) is 0 Å². The zero-order chi connectivity index (χ0) is 9.72. The number of nitrogens with zero attached hydrogens (tertiary/aromatic N) is 1. The lowest BCUT2D eigenvalue weighted by molar-refractivity contribution is 0.161. The molecule has 0 heterocycles. The summed E-state index contributed by atoms with van der Waals surface area (Å²) < 4.78 is 0. The monoisotopic (exact) mass is 188 g/mol. The topological polar surface area (TPSA) is 15.3 Å². The van der Waals surface area contributed by atoms with Crippen LogP contribution in [0.3, 0.4) is 0 Å². The van der Waals surface area contributed by atoms with Crippen LogP contribution in [0.15, 0.2) is 0 Å². The highest BCUT2D eigenvalue weighted by Gasteiger charge is 2.14. The van der Waals surface area contributed by atoms with Gasteiger partial charge in [-0.05, 0) is 41.7 Å². The molecule has 13 heavy (non-hydrogen) atoms. The third kappa shape index (κ3) is 6.05. The number of hydrogen-bond donors (Lipinski definition) is 1. The Morgan fingerprint density at radius 3 is 1.62 bits per heavy atom. The van der Waals surface area contributed by atoms with E-state index in [-0.39, 0.29) is 7.43 Å². The fourth-order valence-corrected chi connectivity index (χ4v) is 1.43. The molecule has 0 saturated heterocycles. The van der Waals surface area contributed by atoms with Crippen LogP contribution in [0.5, 0.6) is 0 Å². The summed E-state index contributed by atoms with van der Waals surface area (Å²) in [5.74, 6) is 0. The SMILES string of the molecule is C.CN[C@H](C)CN(C(C)C)C(C)C. The minimum Gasteiger partial charge on any atom is -0.316 e. The van der Waals surface area contributed by atoms with E-state index in [1.54, 1.807) is 0 Å². The van der Waals surface area contributed by atoms with Crippen molar-refractivity contribution in [2.24, 2.45) is 0 Å². The predicted molar refractivity (Wildman–Crippen MR) is 62.2 cm³/mol. The normalized spacial score (nSPS) is 13.6. The molecule has 0 rings (SSSR count). The highest BCUT2D eigenvalue weighted by atomic mass is 15.2. The fraction of sp³-hybridized carbons (Fsp3) is 1.00. The first-order valence-electron chi connectivity index (χ1n) is 4.92. The van der Waals surface area contributed by atoms with Gasteiger partial charge in [-0.3, -0.25) is 4.90 Å². The van der Waals surface area contributed by atoms with Crippen molar-refractivity contribution in [1.29, 1.82) is 0 Å². The lowest BCUT2D eigenvalue weighted by Gasteiger charge is -2.32. The molecule has 0 amide bonds. The maximum absolute atomic E-state index is 3.26. The summed E-state index contributed by atoms with van der Waals surface area (Å²) >= 11 is 0. The average molecular weight is 188 g/mol. The number of hydrogen-bond acceptors (Lipinski definition) is 2. The van der Waals surface area contributed by atoms with Gasteiger partial charge in [-0.2, -0.15) is 0 Å². The van der Waals surface area contributed by atoms with Crippen molar-refractivity contribution in [1.82, 2.24) is 10.2 Å². The fourth-order valence-electron chi connectivity index (χ4n) is 1.43. The largest absolute Gasteiger partial charge is 0.316 e. The van der Waals surface area contributed by atoms with Gasteiger partial charge in [0.15, 0.2) is 0 Å². The van der Waals surface area contributed by atoms with Gasteiger partial charge in [0.25, 0.3) is 0 Å². The Morgan fingerprint density at radius 1 is 1.00 bits per heavy atom. The van der Waals surface area contributed by atoms with Crippen LogP contribution in [0.4, 0.5) is 0 Å². The molecule has 0 bridgehead atoms. The third-order valence-corrected chi connectivity index (χ3v) is 2.30. The van der Waals surface area contributed by atoms with Crippen molar-refractivity contribution in [3.05, 3.63) is 0 Å². The van der Waals surface area contributed by atoms with Crippen molar-refractivity contribution in [3.63, 3.8) is 0 Å². The molecule has 1 atom stereocenters. The van der Waals surface area contributed by atoms with E-state index in [1.807, 2.05) is 7.05 Å². The van der Waals surface area contributed by atoms with Crippen molar-refractivity contribution in [3.8, 4) is 0 Å². The van der Waals surface area contributed by atoms with E-state index < -0.39 is 0 Å². The van der Waals surface area contributed by atoms with E-state index in [9.17, 15) is 0 Å². The summed E-state index contributed by atoms with van der Waals surface area (Å²) in [5.41, 5.74) is 0. The molecule has 0 unspecified atom stereocenters. The van der Waals surface area contributed by atoms with Crippen molar-refractivity contribution in [2.75, 3.05) is 13.6 Å². The number of nitrogens with one attached hydrogen (secondary N) is 1. The zero-order valence-corrected chi connectivity index (χ0v) is 9.39. The highest BCUT2D eigenvalue weighted by molar-refractivity contribution is 4.72. The quantitative estimate of drug-likeness (QED) is 0.712. The summed E-state index contributed by atoms with van der Waals surface area (Å²) in [7, 11) is 2.02. The minimum atomic E-state index is 0. The highest BCUT2D eigenvalue weighted by Crippen LogP contribution is 2.05. The Morgan fingerprint density at radius 2 is 1.38 bits per heavy atom. The van der Waals surface area contributed by atoms with Gasteiger partial charge in [0, 0.05) is 24.7 Å². The van der Waals surface area contributed by atoms with Gasteiger partial charge in [-0.25, -0.2) is 0 Å². The standard InChI is InChI=1S/C10H24N2.CH4/c1-8(2)12(9(3)4)7-10(5)11-6;/h8-11H,7H2,1-6H3;1H4/t10-;/m1./s1. The van der Waals surface area contributed by atoms with Crippen LogP contribution in [-0.4, -0.2) is 36.6 Å². The lowest BCUT2D eigenvalue weighted by atomic mass is 10.2. The second-order valence-corrected chi connectivity index (χ2v) is 4.07. The minimum absolute atomic E-state index is 0. The van der Waals surface area contributed by atoms with Crippen molar-refractivity contribution < 1.29 is 0 Å². The molecule has 0 spiro atoms. The Kier molecular flexibility index (Phi) is 8.69. The van der Waals surface area contributed by atoms with E-state index >= 15 is 0 Å². The second-order valence-electron chi connectivity index (χ2n) is 4.07. The Bertz CT molecular complexity index is 103. The molecule has 0 saturated carbocycles. The predicted octanol–water partition coefficient (Wildman–Crippen LogP) is 2.35. The molecular formula is C11H28N2. The number of likely N-dealkylation sites (N-methyl/N-ethyl adjacent to an activating group) is 1. The van der Waals surface area contributed by atoms with Gasteiger partial charge in [-0.1, -0.05) is 7.43 Å². The molecule has 2 nitrogen and oxygen atoms in total. The van der Waals surface area contributed by atoms with Crippen LogP contribution in [0.1, 0.15) is 42.0 Å². The summed E-state index contributed by atoms with van der Waals surface area (Å²) in [6.07, 6.45) is 0. The number of rotatable bonds is 5. The maximum atomic E-state index is 3.26.